The van der Waals surface area contributed by atoms with Gasteiger partial charge >= 0.3 is 0 Å². The molecule has 5 nitrogen and oxygen atoms in total. The lowest BCUT2D eigenvalue weighted by Gasteiger charge is -2.01. The Morgan fingerprint density at radius 2 is 2.12 bits per heavy atom. The van der Waals surface area contributed by atoms with Crippen molar-refractivity contribution in [3.63, 3.8) is 0 Å². The van der Waals surface area contributed by atoms with Crippen molar-refractivity contribution in [3.8, 4) is 0 Å². The number of furan rings is 1. The zero-order valence-corrected chi connectivity index (χ0v) is 13.9. The van der Waals surface area contributed by atoms with Crippen molar-refractivity contribution < 1.29 is 18.0 Å². The van der Waals surface area contributed by atoms with Gasteiger partial charge in [-0.15, -0.1) is 5.10 Å². The van der Waals surface area contributed by atoms with E-state index in [-0.39, 0.29) is 11.3 Å². The number of halogens is 2. The Labute approximate surface area is 146 Å². The molecule has 0 fully saturated rings. The average molecular weight is 361 g/mol. The molecule has 0 aliphatic carbocycles. The number of carbonyl (C=O) groups excluding carboxylic acids is 1. The first-order valence-electron chi connectivity index (χ1n) is 7.29. The number of thioether (sulfide) groups is 1. The number of Topliss-reactive ketones (excluding diaryl/α,β-unsaturated/α-hetero) is 1. The van der Waals surface area contributed by atoms with Crippen LogP contribution < -0.4 is 0 Å². The number of rotatable bonds is 6. The fraction of sp³-hybridized carbons (Fsp3) is 0.118. The summed E-state index contributed by atoms with van der Waals surface area (Å²) in [7, 11) is 0. The Morgan fingerprint density at radius 3 is 2.84 bits per heavy atom. The van der Waals surface area contributed by atoms with Crippen molar-refractivity contribution in [2.75, 3.05) is 5.75 Å². The van der Waals surface area contributed by atoms with Gasteiger partial charge in [-0.3, -0.25) is 9.89 Å². The summed E-state index contributed by atoms with van der Waals surface area (Å²) in [5, 5.41) is 7.05. The number of ketones is 1. The first kappa shape index (κ1) is 17.1. The number of aryl methyl sites for hydroxylation is 1. The highest BCUT2D eigenvalue weighted by Gasteiger charge is 2.14. The summed E-state index contributed by atoms with van der Waals surface area (Å²) in [4.78, 5) is 16.2. The van der Waals surface area contributed by atoms with Crippen LogP contribution in [0, 0.1) is 18.6 Å². The summed E-state index contributed by atoms with van der Waals surface area (Å²) in [6.45, 7) is 1.85. The van der Waals surface area contributed by atoms with Crippen molar-refractivity contribution in [1.82, 2.24) is 15.2 Å². The summed E-state index contributed by atoms with van der Waals surface area (Å²) in [5.41, 5.74) is -0.155. The largest absolute Gasteiger partial charge is 0.462 e. The summed E-state index contributed by atoms with van der Waals surface area (Å²) in [6.07, 6.45) is 3.43. The van der Waals surface area contributed by atoms with Crippen molar-refractivity contribution in [2.24, 2.45) is 0 Å². The molecule has 0 spiro atoms. The molecule has 3 aromatic rings. The van der Waals surface area contributed by atoms with E-state index in [4.69, 9.17) is 4.42 Å². The van der Waals surface area contributed by atoms with E-state index >= 15 is 0 Å². The molecular weight excluding hydrogens is 348 g/mol. The molecule has 0 radical (unpaired) electrons. The molecule has 0 amide bonds. The Morgan fingerprint density at radius 1 is 1.28 bits per heavy atom. The molecule has 0 atom stereocenters. The number of aromatic amines is 1. The average Bonchev–Trinajstić information content (AvgIpc) is 3.19. The molecule has 0 bridgehead atoms. The number of hydrogen-bond donors (Lipinski definition) is 1. The van der Waals surface area contributed by atoms with Crippen molar-refractivity contribution in [2.45, 2.75) is 12.1 Å². The molecule has 2 heterocycles. The maximum absolute atomic E-state index is 13.6. The van der Waals surface area contributed by atoms with Gasteiger partial charge in [-0.1, -0.05) is 11.8 Å². The van der Waals surface area contributed by atoms with E-state index in [0.29, 0.717) is 22.8 Å². The van der Waals surface area contributed by atoms with Gasteiger partial charge in [0.1, 0.15) is 29.0 Å². The second-order valence-electron chi connectivity index (χ2n) is 5.12. The van der Waals surface area contributed by atoms with Gasteiger partial charge in [0.2, 0.25) is 5.16 Å². The third-order valence-electron chi connectivity index (χ3n) is 3.21. The molecule has 2 aromatic heterocycles. The number of aromatic nitrogens is 3. The van der Waals surface area contributed by atoms with E-state index in [1.807, 2.05) is 19.1 Å². The molecule has 0 saturated carbocycles. The lowest BCUT2D eigenvalue weighted by atomic mass is 10.1. The molecule has 1 aromatic carbocycles. The zero-order valence-electron chi connectivity index (χ0n) is 13.1. The van der Waals surface area contributed by atoms with Crippen molar-refractivity contribution in [1.29, 1.82) is 0 Å². The van der Waals surface area contributed by atoms with Gasteiger partial charge in [0.15, 0.2) is 5.78 Å². The molecule has 0 aliphatic rings. The van der Waals surface area contributed by atoms with Crippen LogP contribution in [-0.2, 0) is 0 Å². The minimum atomic E-state index is -0.877. The van der Waals surface area contributed by atoms with E-state index in [9.17, 15) is 13.6 Å². The van der Waals surface area contributed by atoms with Crippen LogP contribution in [0.5, 0.6) is 0 Å². The summed E-state index contributed by atoms with van der Waals surface area (Å²) < 4.78 is 31.8. The van der Waals surface area contributed by atoms with Gasteiger partial charge in [-0.25, -0.2) is 13.8 Å². The maximum Gasteiger partial charge on any atom is 0.209 e. The van der Waals surface area contributed by atoms with Crippen LogP contribution >= 0.6 is 11.8 Å². The molecule has 0 aliphatic heterocycles. The number of benzene rings is 1. The van der Waals surface area contributed by atoms with E-state index in [1.54, 1.807) is 12.2 Å². The number of carbonyl (C=O) groups is 1. The maximum atomic E-state index is 13.6. The van der Waals surface area contributed by atoms with Crippen LogP contribution in [0.2, 0.25) is 0 Å². The van der Waals surface area contributed by atoms with Gasteiger partial charge in [0, 0.05) is 6.07 Å². The van der Waals surface area contributed by atoms with Crippen LogP contribution in [0.4, 0.5) is 8.78 Å². The van der Waals surface area contributed by atoms with Gasteiger partial charge in [-0.05, 0) is 43.3 Å². The highest BCUT2D eigenvalue weighted by Crippen LogP contribution is 2.18. The molecule has 25 heavy (non-hydrogen) atoms. The molecular formula is C17H13F2N3O2S. The number of nitrogens with one attached hydrogen (secondary N) is 1. The SMILES string of the molecule is Cc1ccc(C=Cc2nc(SCC(=O)c3ccc(F)cc3F)n[nH]2)o1. The monoisotopic (exact) mass is 361 g/mol. The van der Waals surface area contributed by atoms with Gasteiger partial charge in [-0.2, -0.15) is 0 Å². The van der Waals surface area contributed by atoms with E-state index in [1.165, 1.54) is 0 Å². The first-order valence-corrected chi connectivity index (χ1v) is 8.28. The van der Waals surface area contributed by atoms with E-state index < -0.39 is 17.4 Å². The molecule has 3 rings (SSSR count). The lowest BCUT2D eigenvalue weighted by molar-refractivity contribution is 0.101. The number of nitrogens with zero attached hydrogens (tertiary/aromatic N) is 2. The lowest BCUT2D eigenvalue weighted by Crippen LogP contribution is -2.05. The van der Waals surface area contributed by atoms with Crippen LogP contribution in [-0.4, -0.2) is 26.7 Å². The minimum absolute atomic E-state index is 0.0546. The summed E-state index contributed by atoms with van der Waals surface area (Å²) in [6, 6.07) is 6.54. The quantitative estimate of drug-likeness (QED) is 0.528. The van der Waals surface area contributed by atoms with Gasteiger partial charge in [0.05, 0.1) is 11.3 Å². The third kappa shape index (κ3) is 4.42. The standard InChI is InChI=1S/C17H13F2N3O2S/c1-10-2-4-12(24-10)5-7-16-20-17(22-21-16)25-9-15(23)13-6-3-11(18)8-14(13)19/h2-8H,9H2,1H3,(H,20,21,22). The van der Waals surface area contributed by atoms with Gasteiger partial charge < -0.3 is 4.42 Å². The third-order valence-corrected chi connectivity index (χ3v) is 4.06. The Balaban J connectivity index is 1.59. The Hall–Kier alpha value is -2.74. The first-order chi connectivity index (χ1) is 12.0. The Bertz CT molecular complexity index is 934. The van der Waals surface area contributed by atoms with Gasteiger partial charge in [0.25, 0.3) is 0 Å². The molecule has 8 heteroatoms. The smallest absolute Gasteiger partial charge is 0.209 e. The summed E-state index contributed by atoms with van der Waals surface area (Å²) >= 11 is 1.06. The predicted octanol–water partition coefficient (Wildman–Crippen LogP) is 4.13. The summed E-state index contributed by atoms with van der Waals surface area (Å²) in [5.74, 6) is -0.129. The highest BCUT2D eigenvalue weighted by atomic mass is 32.2. The predicted molar refractivity (Wildman–Crippen MR) is 90.2 cm³/mol. The topological polar surface area (TPSA) is 71.8 Å². The molecule has 128 valence electrons. The molecule has 0 saturated heterocycles. The van der Waals surface area contributed by atoms with Crippen LogP contribution in [0.15, 0.2) is 39.9 Å². The Kier molecular flexibility index (Phi) is 5.08. The molecule has 1 N–H and O–H groups in total. The second kappa shape index (κ2) is 7.43. The number of hydrogen-bond acceptors (Lipinski definition) is 5. The van der Waals surface area contributed by atoms with E-state index in [0.717, 1.165) is 29.7 Å². The zero-order chi connectivity index (χ0) is 17.8. The highest BCUT2D eigenvalue weighted by molar-refractivity contribution is 7.99. The second-order valence-corrected chi connectivity index (χ2v) is 6.06. The number of H-pyrrole nitrogens is 1. The van der Waals surface area contributed by atoms with Crippen LogP contribution in [0.25, 0.3) is 12.2 Å². The van der Waals surface area contributed by atoms with Crippen LogP contribution in [0.1, 0.15) is 27.7 Å². The fourth-order valence-electron chi connectivity index (χ4n) is 2.02. The van der Waals surface area contributed by atoms with E-state index in [2.05, 4.69) is 15.2 Å². The molecule has 0 unspecified atom stereocenters. The van der Waals surface area contributed by atoms with Crippen molar-refractivity contribution in [3.05, 3.63) is 64.9 Å². The van der Waals surface area contributed by atoms with Crippen LogP contribution in [0.3, 0.4) is 0 Å². The normalized spacial score (nSPS) is 11.3. The van der Waals surface area contributed by atoms with Crippen molar-refractivity contribution >= 4 is 29.7 Å². The minimum Gasteiger partial charge on any atom is -0.462 e. The fourth-order valence-corrected chi connectivity index (χ4v) is 2.71.